The fourth-order valence-corrected chi connectivity index (χ4v) is 3.14. The van der Waals surface area contributed by atoms with E-state index in [2.05, 4.69) is 15.0 Å². The molecule has 0 aliphatic carbocycles. The third-order valence-electron chi connectivity index (χ3n) is 4.51. The Morgan fingerprint density at radius 3 is 2.73 bits per heavy atom. The van der Waals surface area contributed by atoms with E-state index >= 15 is 0 Å². The summed E-state index contributed by atoms with van der Waals surface area (Å²) < 4.78 is 13.3. The van der Waals surface area contributed by atoms with E-state index < -0.39 is 0 Å². The highest BCUT2D eigenvalue weighted by molar-refractivity contribution is 5.81. The number of nitrogens with one attached hydrogen (secondary N) is 2. The van der Waals surface area contributed by atoms with Gasteiger partial charge in [-0.2, -0.15) is 4.98 Å². The smallest absolute Gasteiger partial charge is 0.345 e. The topological polar surface area (TPSA) is 81.8 Å². The van der Waals surface area contributed by atoms with Crippen molar-refractivity contribution in [3.05, 3.63) is 63.2 Å². The molecule has 0 saturated heterocycles. The largest absolute Gasteiger partial charge is 0.357 e. The molecule has 0 bridgehead atoms. The molecule has 0 aliphatic heterocycles. The van der Waals surface area contributed by atoms with Crippen molar-refractivity contribution in [3.63, 3.8) is 0 Å². The minimum absolute atomic E-state index is 0.0140. The predicted molar refractivity (Wildman–Crippen MR) is 97.4 cm³/mol. The first-order chi connectivity index (χ1) is 12.3. The van der Waals surface area contributed by atoms with Gasteiger partial charge in [-0.05, 0) is 50.1 Å². The maximum Gasteiger partial charge on any atom is 0.345 e. The Hall–Kier alpha value is -2.96. The molecular weight excluding hydrogens is 335 g/mol. The molecule has 26 heavy (non-hydrogen) atoms. The van der Waals surface area contributed by atoms with Crippen molar-refractivity contribution in [3.8, 4) is 0 Å². The van der Waals surface area contributed by atoms with Gasteiger partial charge in [-0.1, -0.05) is 0 Å². The second kappa shape index (κ2) is 7.11. The van der Waals surface area contributed by atoms with Gasteiger partial charge in [-0.25, -0.2) is 9.18 Å². The van der Waals surface area contributed by atoms with E-state index in [1.165, 1.54) is 12.1 Å². The van der Waals surface area contributed by atoms with E-state index in [-0.39, 0.29) is 17.4 Å². The first-order valence-corrected chi connectivity index (χ1v) is 8.41. The molecule has 0 aliphatic rings. The van der Waals surface area contributed by atoms with Crippen LogP contribution in [0.15, 0.2) is 29.1 Å². The molecule has 7 heteroatoms. The van der Waals surface area contributed by atoms with Crippen molar-refractivity contribution in [2.45, 2.75) is 33.2 Å². The summed E-state index contributed by atoms with van der Waals surface area (Å²) in [7, 11) is 1.74. The van der Waals surface area contributed by atoms with E-state index in [1.54, 1.807) is 24.9 Å². The second-order valence-electron chi connectivity index (χ2n) is 6.51. The third kappa shape index (κ3) is 3.82. The van der Waals surface area contributed by atoms with Gasteiger partial charge in [0.05, 0.1) is 6.54 Å². The summed E-state index contributed by atoms with van der Waals surface area (Å²) in [6.45, 7) is 4.00. The molecule has 0 unspecified atom stereocenters. The summed E-state index contributed by atoms with van der Waals surface area (Å²) in [6, 6.07) is 6.40. The van der Waals surface area contributed by atoms with Crippen molar-refractivity contribution < 1.29 is 9.18 Å². The minimum Gasteiger partial charge on any atom is -0.357 e. The average Bonchev–Trinajstić information content (AvgIpc) is 2.94. The van der Waals surface area contributed by atoms with Crippen molar-refractivity contribution in [2.75, 3.05) is 7.05 Å². The zero-order chi connectivity index (χ0) is 18.8. The van der Waals surface area contributed by atoms with Crippen LogP contribution in [0.3, 0.4) is 0 Å². The molecule has 3 rings (SSSR count). The predicted octanol–water partition coefficient (Wildman–Crippen LogP) is 2.60. The molecule has 1 aromatic carbocycles. The van der Waals surface area contributed by atoms with E-state index in [1.807, 2.05) is 13.0 Å². The number of benzene rings is 1. The Balaban J connectivity index is 1.65. The third-order valence-corrected chi connectivity index (χ3v) is 4.51. The van der Waals surface area contributed by atoms with Crippen LogP contribution in [0.1, 0.15) is 29.1 Å². The number of aryl methyl sites for hydroxylation is 2. The van der Waals surface area contributed by atoms with Crippen LogP contribution in [-0.4, -0.2) is 32.8 Å². The normalized spacial score (nSPS) is 11.1. The molecule has 3 aromatic rings. The van der Waals surface area contributed by atoms with Gasteiger partial charge >= 0.3 is 5.69 Å². The van der Waals surface area contributed by atoms with Gasteiger partial charge in [-0.3, -0.25) is 4.79 Å². The number of H-pyrrole nitrogens is 2. The van der Waals surface area contributed by atoms with Crippen LogP contribution in [0.4, 0.5) is 4.39 Å². The maximum atomic E-state index is 13.3. The van der Waals surface area contributed by atoms with Gasteiger partial charge in [0.15, 0.2) is 0 Å². The molecule has 2 N–H and O–H groups in total. The van der Waals surface area contributed by atoms with Crippen LogP contribution in [0.25, 0.3) is 10.9 Å². The lowest BCUT2D eigenvalue weighted by Crippen LogP contribution is -2.27. The lowest BCUT2D eigenvalue weighted by molar-refractivity contribution is -0.130. The van der Waals surface area contributed by atoms with E-state index in [9.17, 15) is 14.0 Å². The van der Waals surface area contributed by atoms with E-state index in [4.69, 9.17) is 0 Å². The molecular formula is C19H21FN4O2. The van der Waals surface area contributed by atoms with Crippen LogP contribution in [-0.2, 0) is 17.8 Å². The number of carbonyl (C=O) groups is 1. The van der Waals surface area contributed by atoms with Gasteiger partial charge in [0.2, 0.25) is 5.91 Å². The zero-order valence-electron chi connectivity index (χ0n) is 15.0. The van der Waals surface area contributed by atoms with Crippen LogP contribution < -0.4 is 5.69 Å². The highest BCUT2D eigenvalue weighted by atomic mass is 19.1. The molecule has 0 spiro atoms. The summed E-state index contributed by atoms with van der Waals surface area (Å²) in [5, 5.41) is 0.784. The summed E-state index contributed by atoms with van der Waals surface area (Å²) in [4.78, 5) is 35.2. The Labute approximate surface area is 150 Å². The quantitative estimate of drug-likeness (QED) is 0.737. The Morgan fingerprint density at radius 1 is 1.23 bits per heavy atom. The van der Waals surface area contributed by atoms with Crippen molar-refractivity contribution in [1.29, 1.82) is 0 Å². The number of hydrogen-bond donors (Lipinski definition) is 2. The lowest BCUT2D eigenvalue weighted by atomic mass is 10.1. The zero-order valence-corrected chi connectivity index (χ0v) is 15.0. The standard InChI is InChI=1S/C19H21FN4O2/c1-11-16(12(2)22-19(26)21-11)5-7-18(25)24(3)10-15-9-13-8-14(20)4-6-17(13)23-15/h4,6,8-9,23H,5,7,10H2,1-3H3,(H,21,22,26). The van der Waals surface area contributed by atoms with Gasteiger partial charge in [0.1, 0.15) is 5.82 Å². The number of halogens is 1. The van der Waals surface area contributed by atoms with Crippen LogP contribution >= 0.6 is 0 Å². The number of hydrogen-bond acceptors (Lipinski definition) is 3. The van der Waals surface area contributed by atoms with Crippen molar-refractivity contribution in [2.24, 2.45) is 0 Å². The van der Waals surface area contributed by atoms with E-state index in [0.717, 1.165) is 27.9 Å². The number of amides is 1. The van der Waals surface area contributed by atoms with Crippen molar-refractivity contribution in [1.82, 2.24) is 19.9 Å². The van der Waals surface area contributed by atoms with Gasteiger partial charge in [-0.15, -0.1) is 0 Å². The SMILES string of the molecule is Cc1nc(=O)[nH]c(C)c1CCC(=O)N(C)Cc1cc2cc(F)ccc2[nH]1. The molecule has 0 radical (unpaired) electrons. The highest BCUT2D eigenvalue weighted by Gasteiger charge is 2.14. The summed E-state index contributed by atoms with van der Waals surface area (Å²) in [6.07, 6.45) is 0.837. The number of nitrogens with zero attached hydrogens (tertiary/aromatic N) is 2. The highest BCUT2D eigenvalue weighted by Crippen LogP contribution is 2.18. The number of fused-ring (bicyclic) bond motifs is 1. The maximum absolute atomic E-state index is 13.3. The summed E-state index contributed by atoms with van der Waals surface area (Å²) in [5.74, 6) is -0.299. The molecule has 2 heterocycles. The Morgan fingerprint density at radius 2 is 2.00 bits per heavy atom. The van der Waals surface area contributed by atoms with Crippen molar-refractivity contribution >= 4 is 16.8 Å². The van der Waals surface area contributed by atoms with Crippen LogP contribution in [0.2, 0.25) is 0 Å². The van der Waals surface area contributed by atoms with Gasteiger partial charge in [0.25, 0.3) is 0 Å². The molecule has 2 aromatic heterocycles. The van der Waals surface area contributed by atoms with Gasteiger partial charge < -0.3 is 14.9 Å². The van der Waals surface area contributed by atoms with E-state index in [0.29, 0.717) is 25.1 Å². The number of aromatic amines is 2. The van der Waals surface area contributed by atoms with Crippen LogP contribution in [0, 0.1) is 19.7 Å². The Kier molecular flexibility index (Phi) is 4.88. The average molecular weight is 356 g/mol. The molecule has 6 nitrogen and oxygen atoms in total. The first-order valence-electron chi connectivity index (χ1n) is 8.41. The first kappa shape index (κ1) is 17.8. The van der Waals surface area contributed by atoms with Crippen LogP contribution in [0.5, 0.6) is 0 Å². The monoisotopic (exact) mass is 356 g/mol. The fraction of sp³-hybridized carbons (Fsp3) is 0.316. The molecule has 0 saturated carbocycles. The molecule has 136 valence electrons. The number of rotatable bonds is 5. The lowest BCUT2D eigenvalue weighted by Gasteiger charge is -2.17. The summed E-state index contributed by atoms with van der Waals surface area (Å²) >= 11 is 0. The Bertz CT molecular complexity index is 996. The molecule has 1 amide bonds. The number of carbonyl (C=O) groups excluding carboxylic acids is 1. The molecule has 0 atom stereocenters. The molecule has 0 fully saturated rings. The summed E-state index contributed by atoms with van der Waals surface area (Å²) in [5.41, 5.74) is 3.61. The second-order valence-corrected chi connectivity index (χ2v) is 6.51. The fourth-order valence-electron chi connectivity index (χ4n) is 3.14. The van der Waals surface area contributed by atoms with Gasteiger partial charge in [0, 0.05) is 41.5 Å². The number of aromatic nitrogens is 3. The minimum atomic E-state index is -0.373.